The third-order valence-corrected chi connectivity index (χ3v) is 1.47. The van der Waals surface area contributed by atoms with E-state index < -0.39 is 0 Å². The van der Waals surface area contributed by atoms with E-state index in [1.807, 2.05) is 0 Å². The molecule has 0 atom stereocenters. The van der Waals surface area contributed by atoms with Crippen molar-refractivity contribution in [2.24, 2.45) is 0 Å². The lowest BCUT2D eigenvalue weighted by molar-refractivity contribution is 0.814. The highest BCUT2D eigenvalue weighted by atomic mass is 13.9. The molecule has 0 unspecified atom stereocenters. The van der Waals surface area contributed by atoms with Crippen LogP contribution in [0.3, 0.4) is 0 Å². The Morgan fingerprint density at radius 3 is 2.78 bits per heavy atom. The molecule has 1 aliphatic carbocycles. The van der Waals surface area contributed by atoms with Gasteiger partial charge in [0, 0.05) is 0 Å². The van der Waals surface area contributed by atoms with Crippen LogP contribution in [0, 0.1) is 6.42 Å². The molecule has 49 valence electrons. The van der Waals surface area contributed by atoms with Gasteiger partial charge in [0.15, 0.2) is 0 Å². The molecule has 0 aromatic carbocycles. The van der Waals surface area contributed by atoms with E-state index in [9.17, 15) is 0 Å². The molecule has 9 heavy (non-hydrogen) atoms. The first kappa shape index (κ1) is 6.60. The van der Waals surface area contributed by atoms with Gasteiger partial charge in [-0.05, 0) is 32.1 Å². The molecule has 0 amide bonds. The summed E-state index contributed by atoms with van der Waals surface area (Å²) in [6.07, 6.45) is 16.0. The molecule has 0 aromatic heterocycles. The molecule has 1 rings (SSSR count). The van der Waals surface area contributed by atoms with E-state index in [0.29, 0.717) is 0 Å². The van der Waals surface area contributed by atoms with Gasteiger partial charge >= 0.3 is 0 Å². The Balaban J connectivity index is 2.28. The topological polar surface area (TPSA) is 0 Å². The zero-order valence-electron chi connectivity index (χ0n) is 5.72. The number of rotatable bonds is 0. The van der Waals surface area contributed by atoms with E-state index in [0.717, 1.165) is 6.42 Å². The lowest BCUT2D eigenvalue weighted by Gasteiger charge is -1.91. The fourth-order valence-corrected chi connectivity index (χ4v) is 0.926. The van der Waals surface area contributed by atoms with Crippen molar-refractivity contribution >= 4 is 0 Å². The molecule has 1 aliphatic rings. The molecular formula is C9H13. The molecule has 0 aromatic rings. The summed E-state index contributed by atoms with van der Waals surface area (Å²) in [6, 6.07) is 0. The van der Waals surface area contributed by atoms with E-state index >= 15 is 0 Å². The van der Waals surface area contributed by atoms with Crippen molar-refractivity contribution in [3.05, 3.63) is 30.7 Å². The molecule has 0 N–H and O–H groups in total. The molecule has 0 heteroatoms. The Morgan fingerprint density at radius 2 is 1.78 bits per heavy atom. The van der Waals surface area contributed by atoms with Crippen LogP contribution in [0.4, 0.5) is 0 Å². The van der Waals surface area contributed by atoms with Crippen LogP contribution in [0.25, 0.3) is 0 Å². The third-order valence-electron chi connectivity index (χ3n) is 1.47. The minimum atomic E-state index is 1.14. The maximum atomic E-state index is 2.34. The maximum Gasteiger partial charge on any atom is -0.0316 e. The molecular weight excluding hydrogens is 108 g/mol. The summed E-state index contributed by atoms with van der Waals surface area (Å²) in [5.74, 6) is 0. The fraction of sp³-hybridized carbons (Fsp3) is 0.444. The van der Waals surface area contributed by atoms with Crippen molar-refractivity contribution in [3.63, 3.8) is 0 Å². The normalized spacial score (nSPS) is 27.6. The largest absolute Gasteiger partial charge is 0.0845 e. The minimum Gasteiger partial charge on any atom is -0.0845 e. The van der Waals surface area contributed by atoms with Gasteiger partial charge in [-0.3, -0.25) is 0 Å². The molecule has 0 heterocycles. The van der Waals surface area contributed by atoms with Crippen molar-refractivity contribution in [3.8, 4) is 0 Å². The SMILES string of the molecule is [CH]1C/C=C/C=C\CCC1. The Kier molecular flexibility index (Phi) is 3.20. The van der Waals surface area contributed by atoms with E-state index in [2.05, 4.69) is 30.7 Å². The number of hydrogen-bond acceptors (Lipinski definition) is 0. The van der Waals surface area contributed by atoms with Gasteiger partial charge in [-0.25, -0.2) is 0 Å². The molecule has 0 fully saturated rings. The predicted molar refractivity (Wildman–Crippen MR) is 41.0 cm³/mol. The van der Waals surface area contributed by atoms with Crippen LogP contribution < -0.4 is 0 Å². The molecule has 0 nitrogen and oxygen atoms in total. The Labute approximate surface area is 57.3 Å². The van der Waals surface area contributed by atoms with Gasteiger partial charge in [0.1, 0.15) is 0 Å². The number of hydrogen-bond donors (Lipinski definition) is 0. The molecule has 0 spiro atoms. The monoisotopic (exact) mass is 121 g/mol. The molecule has 0 saturated carbocycles. The van der Waals surface area contributed by atoms with Crippen molar-refractivity contribution < 1.29 is 0 Å². The molecule has 0 aliphatic heterocycles. The maximum absolute atomic E-state index is 2.34. The lowest BCUT2D eigenvalue weighted by Crippen LogP contribution is -1.73. The Bertz CT molecular complexity index is 95.2. The second kappa shape index (κ2) is 4.37. The Hall–Kier alpha value is -0.520. The van der Waals surface area contributed by atoms with Crippen molar-refractivity contribution in [1.29, 1.82) is 0 Å². The second-order valence-electron chi connectivity index (χ2n) is 2.31. The van der Waals surface area contributed by atoms with Gasteiger partial charge in [0.25, 0.3) is 0 Å². The van der Waals surface area contributed by atoms with Crippen molar-refractivity contribution in [2.75, 3.05) is 0 Å². The van der Waals surface area contributed by atoms with Crippen LogP contribution in [0.1, 0.15) is 25.7 Å². The predicted octanol–water partition coefficient (Wildman–Crippen LogP) is 2.88. The van der Waals surface area contributed by atoms with Crippen LogP contribution in [0.5, 0.6) is 0 Å². The van der Waals surface area contributed by atoms with E-state index in [1.54, 1.807) is 0 Å². The summed E-state index contributed by atoms with van der Waals surface area (Å²) < 4.78 is 0. The highest BCUT2D eigenvalue weighted by molar-refractivity contribution is 5.04. The lowest BCUT2D eigenvalue weighted by atomic mass is 10.1. The smallest absolute Gasteiger partial charge is 0.0316 e. The van der Waals surface area contributed by atoms with Gasteiger partial charge in [-0.2, -0.15) is 0 Å². The quantitative estimate of drug-likeness (QED) is 0.462. The zero-order valence-corrected chi connectivity index (χ0v) is 5.72. The average Bonchev–Trinajstić information content (AvgIpc) is 2.00. The van der Waals surface area contributed by atoms with E-state index in [1.165, 1.54) is 19.3 Å². The minimum absolute atomic E-state index is 1.14. The summed E-state index contributed by atoms with van der Waals surface area (Å²) in [5, 5.41) is 0. The van der Waals surface area contributed by atoms with E-state index in [4.69, 9.17) is 0 Å². The van der Waals surface area contributed by atoms with Gasteiger partial charge < -0.3 is 0 Å². The van der Waals surface area contributed by atoms with Gasteiger partial charge in [0.2, 0.25) is 0 Å². The molecule has 1 radical (unpaired) electrons. The first-order valence-electron chi connectivity index (χ1n) is 3.63. The third kappa shape index (κ3) is 3.12. The molecule has 0 bridgehead atoms. The van der Waals surface area contributed by atoms with Crippen LogP contribution in [0.15, 0.2) is 24.3 Å². The standard InChI is InChI=1S/C9H13/c1-2-4-6-8-9-7-5-3-1/h1-4,7H,5-6,8-9H2/b3-1+,4-2-. The highest BCUT2D eigenvalue weighted by Crippen LogP contribution is 2.05. The van der Waals surface area contributed by atoms with Crippen molar-refractivity contribution in [1.82, 2.24) is 0 Å². The van der Waals surface area contributed by atoms with E-state index in [-0.39, 0.29) is 0 Å². The van der Waals surface area contributed by atoms with Crippen LogP contribution >= 0.6 is 0 Å². The first-order valence-corrected chi connectivity index (χ1v) is 3.63. The summed E-state index contributed by atoms with van der Waals surface area (Å²) in [4.78, 5) is 0. The van der Waals surface area contributed by atoms with Crippen LogP contribution in [0.2, 0.25) is 0 Å². The second-order valence-corrected chi connectivity index (χ2v) is 2.31. The van der Waals surface area contributed by atoms with Crippen molar-refractivity contribution in [2.45, 2.75) is 25.7 Å². The van der Waals surface area contributed by atoms with Crippen LogP contribution in [-0.2, 0) is 0 Å². The van der Waals surface area contributed by atoms with Gasteiger partial charge in [0.05, 0.1) is 0 Å². The molecule has 0 saturated heterocycles. The summed E-state index contributed by atoms with van der Waals surface area (Å²) in [7, 11) is 0. The number of allylic oxidation sites excluding steroid dienone is 4. The fourth-order valence-electron chi connectivity index (χ4n) is 0.926. The first-order chi connectivity index (χ1) is 4.50. The van der Waals surface area contributed by atoms with Crippen LogP contribution in [-0.4, -0.2) is 0 Å². The summed E-state index contributed by atoms with van der Waals surface area (Å²) in [6.45, 7) is 0. The van der Waals surface area contributed by atoms with Gasteiger partial charge in [-0.15, -0.1) is 0 Å². The summed E-state index contributed by atoms with van der Waals surface area (Å²) in [5.41, 5.74) is 0. The Morgan fingerprint density at radius 1 is 0.889 bits per heavy atom. The van der Waals surface area contributed by atoms with Gasteiger partial charge in [-0.1, -0.05) is 24.3 Å². The summed E-state index contributed by atoms with van der Waals surface area (Å²) >= 11 is 0. The average molecular weight is 121 g/mol. The highest BCUT2D eigenvalue weighted by Gasteiger charge is 1.86. The zero-order chi connectivity index (χ0) is 6.36.